The van der Waals surface area contributed by atoms with Crippen LogP contribution in [0.1, 0.15) is 71.1 Å². The van der Waals surface area contributed by atoms with Crippen molar-refractivity contribution in [2.45, 2.75) is 83.3 Å². The molecule has 0 amide bonds. The molecule has 0 radical (unpaired) electrons. The molecule has 0 bridgehead atoms. The average molecular weight is 399 g/mol. The number of nitrogens with zero attached hydrogens (tertiary/aromatic N) is 4. The number of hydrogen-bond donors (Lipinski definition) is 1. The molecule has 5 aliphatic carbocycles. The third-order valence-corrected chi connectivity index (χ3v) is 10.3. The van der Waals surface area contributed by atoms with E-state index >= 15 is 0 Å². The molecule has 6 heteroatoms. The van der Waals surface area contributed by atoms with Crippen molar-refractivity contribution in [3.05, 3.63) is 6.33 Å². The summed E-state index contributed by atoms with van der Waals surface area (Å²) < 4.78 is 0. The fourth-order valence-corrected chi connectivity index (χ4v) is 8.92. The smallest absolute Gasteiger partial charge is 0.162 e. The van der Waals surface area contributed by atoms with Crippen LogP contribution in [-0.4, -0.2) is 36.7 Å². The summed E-state index contributed by atoms with van der Waals surface area (Å²) in [5.74, 6) is 4.98. The Hall–Kier alpha value is -1.30. The van der Waals surface area contributed by atoms with E-state index in [1.165, 1.54) is 56.1 Å². The van der Waals surface area contributed by atoms with E-state index in [9.17, 15) is 9.90 Å². The van der Waals surface area contributed by atoms with Gasteiger partial charge < -0.3 is 5.11 Å². The number of hydrogen-bond acceptors (Lipinski definition) is 5. The maximum absolute atomic E-state index is 13.2. The predicted molar refractivity (Wildman–Crippen MR) is 106 cm³/mol. The second-order valence-electron chi connectivity index (χ2n) is 11.3. The van der Waals surface area contributed by atoms with Gasteiger partial charge in [-0.3, -0.25) is 4.79 Å². The van der Waals surface area contributed by atoms with Crippen molar-refractivity contribution in [1.29, 1.82) is 0 Å². The Bertz CT molecular complexity index is 797. The number of aromatic nitrogens is 4. The molecule has 6 rings (SSSR count). The lowest BCUT2D eigenvalue weighted by atomic mass is 9.45. The van der Waals surface area contributed by atoms with Gasteiger partial charge in [-0.2, -0.15) is 4.80 Å². The predicted octanol–water partition coefficient (Wildman–Crippen LogP) is 3.26. The average Bonchev–Trinajstić information content (AvgIpc) is 3.15. The molecule has 0 spiro atoms. The summed E-state index contributed by atoms with van der Waals surface area (Å²) in [5.41, 5.74) is -0.145. The molecule has 9 atom stereocenters. The van der Waals surface area contributed by atoms with E-state index in [4.69, 9.17) is 0 Å². The first-order chi connectivity index (χ1) is 14.0. The maximum atomic E-state index is 13.2. The van der Waals surface area contributed by atoms with Crippen LogP contribution in [0.3, 0.4) is 0 Å². The van der Waals surface area contributed by atoms with Gasteiger partial charge in [0.1, 0.15) is 6.54 Å². The lowest BCUT2D eigenvalue weighted by molar-refractivity contribution is -0.146. The SMILES string of the molecule is C[C@]12CC[C@@H]3[C@H]4CC[C@]5(O)CC5[C@H]4CC[C@H]3[C@@H]1CCC[C@@H]2C(=O)Cn1ncnn1. The van der Waals surface area contributed by atoms with Gasteiger partial charge in [0.2, 0.25) is 0 Å². The molecule has 0 saturated heterocycles. The molecule has 1 unspecified atom stereocenters. The molecule has 1 aromatic heterocycles. The number of ketones is 1. The van der Waals surface area contributed by atoms with Gasteiger partial charge in [0, 0.05) is 5.92 Å². The Morgan fingerprint density at radius 1 is 1.03 bits per heavy atom. The standard InChI is InChI=1S/C23H34N4O2/c1-22-9-7-14-15-8-10-23(29)11-20(23)17(15)6-5-16(14)18(22)3-2-4-19(22)21(28)12-27-25-13-24-26-27/h13-20,29H,2-12H2,1H3/t14-,15-,16-,17+,18+,19-,20?,22+,23+/m1/s1. The molecule has 1 N–H and O–H groups in total. The van der Waals surface area contributed by atoms with Gasteiger partial charge in [0.15, 0.2) is 12.1 Å². The number of carbonyl (C=O) groups excluding carboxylic acids is 1. The molecule has 5 aliphatic rings. The summed E-state index contributed by atoms with van der Waals surface area (Å²) in [6.07, 6.45) is 13.4. The zero-order valence-corrected chi connectivity index (χ0v) is 17.5. The van der Waals surface area contributed by atoms with Crippen LogP contribution in [0, 0.1) is 46.8 Å². The van der Waals surface area contributed by atoms with E-state index in [0.717, 1.165) is 42.9 Å². The van der Waals surface area contributed by atoms with Crippen LogP contribution in [0.4, 0.5) is 0 Å². The van der Waals surface area contributed by atoms with E-state index in [1.54, 1.807) is 0 Å². The Kier molecular flexibility index (Phi) is 4.04. The highest BCUT2D eigenvalue weighted by molar-refractivity contribution is 5.81. The first-order valence-electron chi connectivity index (χ1n) is 12.0. The van der Waals surface area contributed by atoms with Crippen molar-refractivity contribution in [2.24, 2.45) is 46.8 Å². The summed E-state index contributed by atoms with van der Waals surface area (Å²) in [7, 11) is 0. The number of rotatable bonds is 3. The minimum Gasteiger partial charge on any atom is -0.390 e. The third-order valence-electron chi connectivity index (χ3n) is 10.3. The minimum absolute atomic E-state index is 0.138. The van der Waals surface area contributed by atoms with Crippen LogP contribution in [-0.2, 0) is 11.3 Å². The second kappa shape index (κ2) is 6.35. The monoisotopic (exact) mass is 398 g/mol. The lowest BCUT2D eigenvalue weighted by Gasteiger charge is -2.60. The molecule has 6 nitrogen and oxygen atoms in total. The number of carbonyl (C=O) groups is 1. The molecule has 158 valence electrons. The Balaban J connectivity index is 1.23. The summed E-state index contributed by atoms with van der Waals surface area (Å²) in [6.45, 7) is 2.70. The highest BCUT2D eigenvalue weighted by atomic mass is 16.3. The van der Waals surface area contributed by atoms with Crippen molar-refractivity contribution in [3.8, 4) is 0 Å². The summed E-state index contributed by atoms with van der Waals surface area (Å²) >= 11 is 0. The van der Waals surface area contributed by atoms with Gasteiger partial charge in [0.25, 0.3) is 0 Å². The highest BCUT2D eigenvalue weighted by Gasteiger charge is 2.64. The van der Waals surface area contributed by atoms with Crippen LogP contribution in [0.2, 0.25) is 0 Å². The molecular weight excluding hydrogens is 364 g/mol. The van der Waals surface area contributed by atoms with E-state index in [0.29, 0.717) is 17.6 Å². The van der Waals surface area contributed by atoms with Gasteiger partial charge in [-0.25, -0.2) is 0 Å². The number of fused-ring (bicyclic) bond motifs is 7. The summed E-state index contributed by atoms with van der Waals surface area (Å²) in [5, 5.41) is 22.4. The van der Waals surface area contributed by atoms with E-state index in [1.807, 2.05) is 0 Å². The van der Waals surface area contributed by atoms with Crippen molar-refractivity contribution >= 4 is 5.78 Å². The van der Waals surface area contributed by atoms with E-state index in [2.05, 4.69) is 22.3 Å². The van der Waals surface area contributed by atoms with Crippen LogP contribution < -0.4 is 0 Å². The van der Waals surface area contributed by atoms with Crippen molar-refractivity contribution < 1.29 is 9.90 Å². The normalized spacial score (nSPS) is 50.6. The van der Waals surface area contributed by atoms with Gasteiger partial charge in [-0.05, 0) is 104 Å². The molecule has 1 aromatic rings. The van der Waals surface area contributed by atoms with Gasteiger partial charge in [0.05, 0.1) is 5.60 Å². The Morgan fingerprint density at radius 2 is 1.79 bits per heavy atom. The van der Waals surface area contributed by atoms with Crippen LogP contribution in [0.25, 0.3) is 0 Å². The fraction of sp³-hybridized carbons (Fsp3) is 0.913. The second-order valence-corrected chi connectivity index (χ2v) is 11.3. The summed E-state index contributed by atoms with van der Waals surface area (Å²) in [4.78, 5) is 14.7. The first kappa shape index (κ1) is 18.5. The molecular formula is C23H34N4O2. The van der Waals surface area contributed by atoms with Crippen LogP contribution in [0.5, 0.6) is 0 Å². The molecule has 0 aliphatic heterocycles. The van der Waals surface area contributed by atoms with Gasteiger partial charge in [-0.1, -0.05) is 13.3 Å². The first-order valence-corrected chi connectivity index (χ1v) is 12.0. The Morgan fingerprint density at radius 3 is 2.55 bits per heavy atom. The van der Waals surface area contributed by atoms with E-state index in [-0.39, 0.29) is 23.5 Å². The molecule has 5 fully saturated rings. The number of aliphatic hydroxyl groups is 1. The fourth-order valence-electron chi connectivity index (χ4n) is 8.92. The van der Waals surface area contributed by atoms with Crippen molar-refractivity contribution in [1.82, 2.24) is 20.2 Å². The third kappa shape index (κ3) is 2.70. The highest BCUT2D eigenvalue weighted by Crippen LogP contribution is 2.68. The molecule has 29 heavy (non-hydrogen) atoms. The molecule has 5 saturated carbocycles. The largest absolute Gasteiger partial charge is 0.390 e. The quantitative estimate of drug-likeness (QED) is 0.845. The van der Waals surface area contributed by atoms with Crippen LogP contribution >= 0.6 is 0 Å². The van der Waals surface area contributed by atoms with Gasteiger partial charge in [-0.15, -0.1) is 10.2 Å². The number of Topliss-reactive ketones (excluding diaryl/α,β-unsaturated/α-hetero) is 1. The number of tetrazole rings is 1. The van der Waals surface area contributed by atoms with E-state index < -0.39 is 0 Å². The van der Waals surface area contributed by atoms with Crippen molar-refractivity contribution in [2.75, 3.05) is 0 Å². The molecule has 1 heterocycles. The zero-order chi connectivity index (χ0) is 19.8. The Labute approximate surface area is 172 Å². The molecule has 0 aromatic carbocycles. The van der Waals surface area contributed by atoms with Crippen LogP contribution in [0.15, 0.2) is 6.33 Å². The minimum atomic E-state index is -0.283. The van der Waals surface area contributed by atoms with Gasteiger partial charge >= 0.3 is 0 Å². The van der Waals surface area contributed by atoms with Crippen molar-refractivity contribution in [3.63, 3.8) is 0 Å². The summed E-state index contributed by atoms with van der Waals surface area (Å²) in [6, 6.07) is 0. The lowest BCUT2D eigenvalue weighted by Crippen LogP contribution is -2.54. The zero-order valence-electron chi connectivity index (χ0n) is 17.5. The maximum Gasteiger partial charge on any atom is 0.162 e. The topological polar surface area (TPSA) is 80.9 Å².